The van der Waals surface area contributed by atoms with Crippen molar-refractivity contribution in [1.29, 1.82) is 0 Å². The molecule has 0 fully saturated rings. The Hall–Kier alpha value is -4.64. The summed E-state index contributed by atoms with van der Waals surface area (Å²) in [6, 6.07) is 31.3. The van der Waals surface area contributed by atoms with E-state index in [-0.39, 0.29) is 5.75 Å². The summed E-state index contributed by atoms with van der Waals surface area (Å²) in [6.07, 6.45) is 1.74. The molecule has 0 radical (unpaired) electrons. The molecule has 0 unspecified atom stereocenters. The molecule has 34 heavy (non-hydrogen) atoms. The monoisotopic (exact) mass is 443 g/mol. The highest BCUT2D eigenvalue weighted by Crippen LogP contribution is 2.35. The van der Waals surface area contributed by atoms with Gasteiger partial charge in [0.1, 0.15) is 17.1 Å². The minimum absolute atomic E-state index is 0.207. The fourth-order valence-electron chi connectivity index (χ4n) is 4.30. The number of phenolic OH excluding ortho intramolecular Hbond substituents is 1. The molecule has 0 saturated carbocycles. The minimum atomic E-state index is 0.207. The van der Waals surface area contributed by atoms with Crippen molar-refractivity contribution in [2.45, 2.75) is 6.92 Å². The summed E-state index contributed by atoms with van der Waals surface area (Å²) in [5.74, 6) is 1.46. The third kappa shape index (κ3) is 3.44. The zero-order valence-electron chi connectivity index (χ0n) is 18.5. The molecule has 3 aromatic carbocycles. The second-order valence-corrected chi connectivity index (χ2v) is 8.21. The zero-order valence-corrected chi connectivity index (χ0v) is 18.5. The van der Waals surface area contributed by atoms with Crippen LogP contribution in [0.3, 0.4) is 0 Å². The van der Waals surface area contributed by atoms with E-state index in [0.29, 0.717) is 17.3 Å². The third-order valence-electron chi connectivity index (χ3n) is 5.89. The Kier molecular flexibility index (Phi) is 4.73. The van der Waals surface area contributed by atoms with Gasteiger partial charge in [0.2, 0.25) is 5.88 Å². The van der Waals surface area contributed by atoms with Gasteiger partial charge in [-0.3, -0.25) is 4.57 Å². The molecule has 164 valence electrons. The maximum absolute atomic E-state index is 10.6. The lowest BCUT2D eigenvalue weighted by Gasteiger charge is -2.10. The van der Waals surface area contributed by atoms with Gasteiger partial charge in [-0.15, -0.1) is 0 Å². The van der Waals surface area contributed by atoms with Crippen LogP contribution in [0.15, 0.2) is 103 Å². The average Bonchev–Trinajstić information content (AvgIpc) is 3.18. The van der Waals surface area contributed by atoms with Crippen molar-refractivity contribution in [3.8, 4) is 34.3 Å². The van der Waals surface area contributed by atoms with Crippen LogP contribution < -0.4 is 4.74 Å². The molecular formula is C29H21N3O2. The van der Waals surface area contributed by atoms with Crippen molar-refractivity contribution in [2.75, 3.05) is 0 Å². The lowest BCUT2D eigenvalue weighted by Crippen LogP contribution is -1.97. The topological polar surface area (TPSA) is 60.2 Å². The molecular weight excluding hydrogens is 422 g/mol. The molecule has 1 N–H and O–H groups in total. The molecule has 0 atom stereocenters. The van der Waals surface area contributed by atoms with Crippen LogP contribution in [0.5, 0.6) is 17.4 Å². The average molecular weight is 444 g/mol. The first-order chi connectivity index (χ1) is 16.7. The molecule has 0 aliphatic carbocycles. The normalized spacial score (nSPS) is 11.2. The van der Waals surface area contributed by atoms with Crippen molar-refractivity contribution >= 4 is 21.9 Å². The summed E-state index contributed by atoms with van der Waals surface area (Å²) in [6.45, 7) is 2.01. The number of fused-ring (bicyclic) bond motifs is 3. The Morgan fingerprint density at radius 2 is 1.65 bits per heavy atom. The largest absolute Gasteiger partial charge is 0.506 e. The second kappa shape index (κ2) is 8.05. The molecule has 5 nitrogen and oxygen atoms in total. The first-order valence-electron chi connectivity index (χ1n) is 11.1. The van der Waals surface area contributed by atoms with Crippen molar-refractivity contribution in [2.24, 2.45) is 0 Å². The van der Waals surface area contributed by atoms with Crippen LogP contribution in [0.25, 0.3) is 38.9 Å². The Morgan fingerprint density at radius 3 is 2.53 bits per heavy atom. The summed E-state index contributed by atoms with van der Waals surface area (Å²) >= 11 is 0. The summed E-state index contributed by atoms with van der Waals surface area (Å²) < 4.78 is 8.00. The van der Waals surface area contributed by atoms with Crippen LogP contribution in [0, 0.1) is 6.92 Å². The molecule has 0 aliphatic rings. The number of para-hydroxylation sites is 3. The van der Waals surface area contributed by atoms with E-state index >= 15 is 0 Å². The van der Waals surface area contributed by atoms with E-state index in [4.69, 9.17) is 9.72 Å². The second-order valence-electron chi connectivity index (χ2n) is 8.21. The number of pyridine rings is 2. The van der Waals surface area contributed by atoms with E-state index < -0.39 is 0 Å². The van der Waals surface area contributed by atoms with Gasteiger partial charge in [0.15, 0.2) is 0 Å². The predicted molar refractivity (Wildman–Crippen MR) is 135 cm³/mol. The van der Waals surface area contributed by atoms with Crippen LogP contribution in [0.4, 0.5) is 0 Å². The molecule has 0 bridgehead atoms. The SMILES string of the molecule is Cc1ccnc(Oc2cccc(-c3ccc4c5ccccc5n(-c5ccccc5O)c4n3)c2)c1. The van der Waals surface area contributed by atoms with Gasteiger partial charge in [-0.2, -0.15) is 0 Å². The molecule has 3 aromatic heterocycles. The molecule has 0 aliphatic heterocycles. The van der Waals surface area contributed by atoms with E-state index in [2.05, 4.69) is 17.1 Å². The van der Waals surface area contributed by atoms with Gasteiger partial charge in [0.05, 0.1) is 16.9 Å². The van der Waals surface area contributed by atoms with E-state index in [1.54, 1.807) is 12.3 Å². The van der Waals surface area contributed by atoms with Crippen LogP contribution in [0.1, 0.15) is 5.56 Å². The van der Waals surface area contributed by atoms with Crippen molar-refractivity contribution < 1.29 is 9.84 Å². The Morgan fingerprint density at radius 1 is 0.794 bits per heavy atom. The Balaban J connectivity index is 1.50. The maximum Gasteiger partial charge on any atom is 0.219 e. The number of phenols is 1. The molecule has 0 spiro atoms. The van der Waals surface area contributed by atoms with Gasteiger partial charge in [-0.05, 0) is 61.0 Å². The molecule has 0 amide bonds. The molecule has 3 heterocycles. The van der Waals surface area contributed by atoms with Crippen LogP contribution in [-0.4, -0.2) is 19.6 Å². The smallest absolute Gasteiger partial charge is 0.219 e. The highest BCUT2D eigenvalue weighted by atomic mass is 16.5. The van der Waals surface area contributed by atoms with Crippen LogP contribution in [-0.2, 0) is 0 Å². The summed E-state index contributed by atoms with van der Waals surface area (Å²) in [7, 11) is 0. The number of rotatable bonds is 4. The number of hydrogen-bond donors (Lipinski definition) is 1. The van der Waals surface area contributed by atoms with E-state index in [0.717, 1.165) is 38.8 Å². The van der Waals surface area contributed by atoms with Gasteiger partial charge in [0, 0.05) is 28.6 Å². The number of nitrogens with zero attached hydrogens (tertiary/aromatic N) is 3. The van der Waals surface area contributed by atoms with Gasteiger partial charge in [-0.1, -0.05) is 42.5 Å². The van der Waals surface area contributed by atoms with E-state index in [1.807, 2.05) is 90.4 Å². The summed E-state index contributed by atoms with van der Waals surface area (Å²) in [4.78, 5) is 9.33. The Bertz CT molecular complexity index is 1670. The molecule has 6 rings (SSSR count). The lowest BCUT2D eigenvalue weighted by molar-refractivity contribution is 0.462. The number of aromatic nitrogens is 3. The van der Waals surface area contributed by atoms with Crippen molar-refractivity contribution in [3.05, 3.63) is 109 Å². The van der Waals surface area contributed by atoms with Gasteiger partial charge in [0.25, 0.3) is 0 Å². The highest BCUT2D eigenvalue weighted by molar-refractivity contribution is 6.08. The number of hydrogen-bond acceptors (Lipinski definition) is 4. The predicted octanol–water partition coefficient (Wildman–Crippen LogP) is 7.05. The summed E-state index contributed by atoms with van der Waals surface area (Å²) in [5.41, 5.74) is 5.31. The van der Waals surface area contributed by atoms with Crippen LogP contribution in [0.2, 0.25) is 0 Å². The fraction of sp³-hybridized carbons (Fsp3) is 0.0345. The van der Waals surface area contributed by atoms with Crippen LogP contribution >= 0.6 is 0 Å². The van der Waals surface area contributed by atoms with E-state index in [9.17, 15) is 5.11 Å². The maximum atomic E-state index is 10.6. The molecule has 6 aromatic rings. The first-order valence-corrected chi connectivity index (χ1v) is 11.1. The van der Waals surface area contributed by atoms with E-state index in [1.165, 1.54) is 0 Å². The minimum Gasteiger partial charge on any atom is -0.506 e. The highest BCUT2D eigenvalue weighted by Gasteiger charge is 2.16. The first kappa shape index (κ1) is 20.0. The van der Waals surface area contributed by atoms with Gasteiger partial charge < -0.3 is 9.84 Å². The molecule has 0 saturated heterocycles. The number of aromatic hydroxyl groups is 1. The number of benzene rings is 3. The number of aryl methyl sites for hydroxylation is 1. The quantitative estimate of drug-likeness (QED) is 0.317. The number of ether oxygens (including phenoxy) is 1. The summed E-state index contributed by atoms with van der Waals surface area (Å²) in [5, 5.41) is 12.7. The van der Waals surface area contributed by atoms with Gasteiger partial charge >= 0.3 is 0 Å². The zero-order chi connectivity index (χ0) is 23.1. The van der Waals surface area contributed by atoms with Crippen molar-refractivity contribution in [1.82, 2.24) is 14.5 Å². The van der Waals surface area contributed by atoms with Crippen molar-refractivity contribution in [3.63, 3.8) is 0 Å². The fourth-order valence-corrected chi connectivity index (χ4v) is 4.30. The Labute approximate surface area is 196 Å². The standard InChI is InChI=1S/C29H21N3O2/c1-19-15-16-30-28(17-19)34-21-8-6-7-20(18-21)24-14-13-23-22-9-2-3-10-25(22)32(29(23)31-24)26-11-4-5-12-27(26)33/h2-18,33H,1H3. The third-order valence-corrected chi connectivity index (χ3v) is 5.89. The lowest BCUT2D eigenvalue weighted by atomic mass is 10.1. The van der Waals surface area contributed by atoms with Gasteiger partial charge in [-0.25, -0.2) is 9.97 Å². The molecule has 5 heteroatoms.